The molecule has 2 atom stereocenters. The van der Waals surface area contributed by atoms with Crippen molar-refractivity contribution in [2.24, 2.45) is 17.3 Å². The Morgan fingerprint density at radius 2 is 1.88 bits per heavy atom. The van der Waals surface area contributed by atoms with Crippen LogP contribution in [0, 0.1) is 47.0 Å². The average molecular weight is 371 g/mol. The van der Waals surface area contributed by atoms with Crippen LogP contribution in [0.4, 0.5) is 13.2 Å². The molecule has 0 spiro atoms. The average Bonchev–Trinajstić information content (AvgIpc) is 3.05. The molecule has 1 saturated carbocycles. The number of hydrogen-bond acceptors (Lipinski definition) is 2. The van der Waals surface area contributed by atoms with Crippen LogP contribution in [0.15, 0.2) is 11.6 Å². The molecule has 0 amide bonds. The van der Waals surface area contributed by atoms with Gasteiger partial charge in [0.15, 0.2) is 17.5 Å². The van der Waals surface area contributed by atoms with E-state index < -0.39 is 52.1 Å². The summed E-state index contributed by atoms with van der Waals surface area (Å²) < 4.78 is 46.8. The minimum absolute atomic E-state index is 0.00241. The van der Waals surface area contributed by atoms with E-state index in [2.05, 4.69) is 0 Å². The van der Waals surface area contributed by atoms with Gasteiger partial charge in [-0.25, -0.2) is 13.2 Å². The number of halogens is 4. The van der Waals surface area contributed by atoms with E-state index in [4.69, 9.17) is 22.8 Å². The van der Waals surface area contributed by atoms with Gasteiger partial charge in [-0.15, -0.1) is 6.42 Å². The van der Waals surface area contributed by atoms with E-state index in [1.807, 2.05) is 33.8 Å². The van der Waals surface area contributed by atoms with Crippen molar-refractivity contribution in [1.29, 1.82) is 0 Å². The lowest BCUT2D eigenvalue weighted by molar-refractivity contribution is -0.147. The molecule has 1 aliphatic rings. The Morgan fingerprint density at radius 3 is 2.40 bits per heavy atom. The predicted octanol–water partition coefficient (Wildman–Crippen LogP) is 5.02. The summed E-state index contributed by atoms with van der Waals surface area (Å²) in [6, 6.07) is 0. The molecule has 0 heterocycles. The number of carbonyl (C=O) groups excluding carboxylic acids is 1. The predicted molar refractivity (Wildman–Crippen MR) is 89.2 cm³/mol. The smallest absolute Gasteiger partial charge is 0.310 e. The number of benzene rings is 1. The first kappa shape index (κ1) is 19.4. The van der Waals surface area contributed by atoms with Gasteiger partial charge in [0.05, 0.1) is 10.9 Å². The molecule has 0 radical (unpaired) electrons. The van der Waals surface area contributed by atoms with E-state index in [0.717, 1.165) is 5.57 Å². The maximum Gasteiger partial charge on any atom is 0.310 e. The van der Waals surface area contributed by atoms with Crippen LogP contribution >= 0.6 is 11.6 Å². The molecule has 0 aromatic heterocycles. The third-order valence-electron chi connectivity index (χ3n) is 4.53. The van der Waals surface area contributed by atoms with Crippen LogP contribution in [0.5, 0.6) is 0 Å². The normalized spacial score (nSPS) is 20.6. The summed E-state index contributed by atoms with van der Waals surface area (Å²) >= 11 is 5.71. The van der Waals surface area contributed by atoms with E-state index in [0.29, 0.717) is 0 Å². The number of allylic oxidation sites excluding steroid dienone is 2. The van der Waals surface area contributed by atoms with Crippen molar-refractivity contribution in [3.8, 4) is 12.3 Å². The summed E-state index contributed by atoms with van der Waals surface area (Å²) in [6.45, 7) is 7.00. The van der Waals surface area contributed by atoms with Crippen molar-refractivity contribution in [3.63, 3.8) is 0 Å². The van der Waals surface area contributed by atoms with Crippen LogP contribution in [0.1, 0.15) is 38.8 Å². The Labute approximate surface area is 150 Å². The van der Waals surface area contributed by atoms with Crippen LogP contribution < -0.4 is 0 Å². The van der Waals surface area contributed by atoms with Crippen molar-refractivity contribution < 1.29 is 22.7 Å². The number of terminal acetylenes is 1. The Balaban J connectivity index is 2.20. The van der Waals surface area contributed by atoms with E-state index >= 15 is 0 Å². The fourth-order valence-corrected chi connectivity index (χ4v) is 3.19. The summed E-state index contributed by atoms with van der Waals surface area (Å²) in [7, 11) is 0. The quantitative estimate of drug-likeness (QED) is 0.322. The third kappa shape index (κ3) is 3.41. The largest absolute Gasteiger partial charge is 0.460 e. The molecule has 1 fully saturated rings. The molecule has 2 rings (SSSR count). The van der Waals surface area contributed by atoms with Gasteiger partial charge in [0.2, 0.25) is 0 Å². The first-order chi connectivity index (χ1) is 11.5. The molecule has 0 aliphatic heterocycles. The van der Waals surface area contributed by atoms with Crippen LogP contribution in [0.25, 0.3) is 0 Å². The molecule has 1 aromatic carbocycles. The Kier molecular flexibility index (Phi) is 5.24. The van der Waals surface area contributed by atoms with Crippen molar-refractivity contribution in [1.82, 2.24) is 0 Å². The fraction of sp³-hybridized carbons (Fsp3) is 0.421. The van der Waals surface area contributed by atoms with Gasteiger partial charge in [-0.05, 0) is 25.2 Å². The summed E-state index contributed by atoms with van der Waals surface area (Å²) in [5.41, 5.74) is -0.678. The number of hydrogen-bond donors (Lipinski definition) is 0. The lowest BCUT2D eigenvalue weighted by Gasteiger charge is -2.11. The van der Waals surface area contributed by atoms with Gasteiger partial charge in [-0.1, -0.05) is 43.0 Å². The Morgan fingerprint density at radius 1 is 1.28 bits per heavy atom. The topological polar surface area (TPSA) is 26.3 Å². The Bertz CT molecular complexity index is 773. The first-order valence-corrected chi connectivity index (χ1v) is 8.04. The van der Waals surface area contributed by atoms with E-state index in [1.54, 1.807) is 5.92 Å². The van der Waals surface area contributed by atoms with E-state index in [-0.39, 0.29) is 11.3 Å². The molecule has 0 N–H and O–H groups in total. The first-order valence-electron chi connectivity index (χ1n) is 7.67. The highest BCUT2D eigenvalue weighted by molar-refractivity contribution is 6.31. The van der Waals surface area contributed by atoms with Crippen LogP contribution in [-0.2, 0) is 16.1 Å². The third-order valence-corrected chi connectivity index (χ3v) is 4.93. The SMILES string of the molecule is C#Cc1c(F)c(F)c(COC(=O)[C@@H]2[C@@H](C=C(C)C)C2(C)C)c(Cl)c1F. The molecule has 0 unspecified atom stereocenters. The molecule has 6 heteroatoms. The molecular formula is C19H18ClF3O2. The second-order valence-electron chi connectivity index (χ2n) is 6.93. The minimum atomic E-state index is -1.52. The number of carbonyl (C=O) groups is 1. The zero-order chi connectivity index (χ0) is 19.1. The lowest BCUT2D eigenvalue weighted by Crippen LogP contribution is -2.13. The zero-order valence-electron chi connectivity index (χ0n) is 14.3. The number of rotatable bonds is 4. The maximum absolute atomic E-state index is 14.0. The van der Waals surface area contributed by atoms with Crippen LogP contribution in [0.2, 0.25) is 5.02 Å². The highest BCUT2D eigenvalue weighted by Crippen LogP contribution is 2.59. The molecular weight excluding hydrogens is 353 g/mol. The van der Waals surface area contributed by atoms with Crippen molar-refractivity contribution in [2.75, 3.05) is 0 Å². The van der Waals surface area contributed by atoms with Gasteiger partial charge in [-0.2, -0.15) is 0 Å². The molecule has 134 valence electrons. The summed E-state index contributed by atoms with van der Waals surface area (Å²) in [5, 5.41) is -0.685. The monoisotopic (exact) mass is 370 g/mol. The molecule has 0 bridgehead atoms. The van der Waals surface area contributed by atoms with Crippen LogP contribution in [0.3, 0.4) is 0 Å². The zero-order valence-corrected chi connectivity index (χ0v) is 15.1. The van der Waals surface area contributed by atoms with Crippen molar-refractivity contribution >= 4 is 17.6 Å². The molecule has 0 saturated heterocycles. The number of ether oxygens (including phenoxy) is 1. The standard InChI is InChI=1S/C19H18ClF3O2/c1-6-10-15(21)14(20)11(17(23)16(10)22)8-25-18(24)13-12(7-9(2)3)19(13,4)5/h1,7,12-13H,8H2,2-5H3/t12-,13+/m1/s1. The summed E-state index contributed by atoms with van der Waals surface area (Å²) in [5.74, 6) is -3.43. The second-order valence-corrected chi connectivity index (χ2v) is 7.31. The highest BCUT2D eigenvalue weighted by atomic mass is 35.5. The Hall–Kier alpha value is -1.93. The van der Waals surface area contributed by atoms with Crippen LogP contribution in [-0.4, -0.2) is 5.97 Å². The van der Waals surface area contributed by atoms with Gasteiger partial charge in [-0.3, -0.25) is 4.79 Å². The fourth-order valence-electron chi connectivity index (χ4n) is 2.96. The summed E-state index contributed by atoms with van der Waals surface area (Å²) in [4.78, 5) is 12.3. The van der Waals surface area contributed by atoms with Crippen molar-refractivity contribution in [2.45, 2.75) is 34.3 Å². The van der Waals surface area contributed by atoms with Gasteiger partial charge >= 0.3 is 5.97 Å². The molecule has 2 nitrogen and oxygen atoms in total. The second kappa shape index (κ2) is 6.76. The summed E-state index contributed by atoms with van der Waals surface area (Å²) in [6.07, 6.45) is 6.92. The van der Waals surface area contributed by atoms with Gasteiger partial charge < -0.3 is 4.74 Å². The molecule has 1 aliphatic carbocycles. The minimum Gasteiger partial charge on any atom is -0.460 e. The number of esters is 1. The van der Waals surface area contributed by atoms with Gasteiger partial charge in [0.25, 0.3) is 0 Å². The molecule has 1 aromatic rings. The molecule has 25 heavy (non-hydrogen) atoms. The lowest BCUT2D eigenvalue weighted by atomic mass is 10.1. The van der Waals surface area contributed by atoms with Gasteiger partial charge in [0, 0.05) is 5.56 Å². The van der Waals surface area contributed by atoms with Crippen molar-refractivity contribution in [3.05, 3.63) is 45.3 Å². The van der Waals surface area contributed by atoms with E-state index in [9.17, 15) is 18.0 Å². The van der Waals surface area contributed by atoms with E-state index in [1.165, 1.54) is 0 Å². The highest BCUT2D eigenvalue weighted by Gasteiger charge is 2.61. The maximum atomic E-state index is 14.0. The van der Waals surface area contributed by atoms with Gasteiger partial charge in [0.1, 0.15) is 12.2 Å².